The number of rotatable bonds is 5. The molecule has 7 nitrogen and oxygen atoms in total. The molecule has 2 aliphatic rings. The largest absolute Gasteiger partial charge is 0.492 e. The fraction of sp³-hybridized carbons (Fsp3) is 0.550. The standard InChI is InChI=1S/C20H25N3O4/c1-15-13-18(27-22-15)19(24)23-9-6-20(7-10-23)16(5-12-26-20)4-11-25-17-3-2-8-21-14-17/h2-3,8,13-14,16H,4-7,9-12H2,1H3. The topological polar surface area (TPSA) is 77.7 Å². The average Bonchev–Trinajstić information content (AvgIpc) is 3.30. The molecule has 0 bridgehead atoms. The Morgan fingerprint density at radius 2 is 2.26 bits per heavy atom. The molecule has 1 spiro atoms. The van der Waals surface area contributed by atoms with Gasteiger partial charge in [0.15, 0.2) is 0 Å². The molecular formula is C20H25N3O4. The van der Waals surface area contributed by atoms with Crippen LogP contribution >= 0.6 is 0 Å². The van der Waals surface area contributed by atoms with Gasteiger partial charge in [-0.05, 0) is 50.7 Å². The summed E-state index contributed by atoms with van der Waals surface area (Å²) in [5.74, 6) is 1.49. The first-order valence-electron chi connectivity index (χ1n) is 9.56. The summed E-state index contributed by atoms with van der Waals surface area (Å²) in [7, 11) is 0. The van der Waals surface area contributed by atoms with Crippen molar-refractivity contribution in [3.63, 3.8) is 0 Å². The fourth-order valence-electron chi connectivity index (χ4n) is 4.21. The first-order chi connectivity index (χ1) is 13.2. The molecule has 2 saturated heterocycles. The maximum absolute atomic E-state index is 12.6. The maximum Gasteiger partial charge on any atom is 0.292 e. The minimum absolute atomic E-state index is 0.0834. The van der Waals surface area contributed by atoms with Gasteiger partial charge < -0.3 is 18.9 Å². The third kappa shape index (κ3) is 3.83. The number of carbonyl (C=O) groups is 1. The lowest BCUT2D eigenvalue weighted by Gasteiger charge is -2.42. The van der Waals surface area contributed by atoms with E-state index in [1.807, 2.05) is 24.0 Å². The van der Waals surface area contributed by atoms with Gasteiger partial charge in [-0.25, -0.2) is 0 Å². The fourth-order valence-corrected chi connectivity index (χ4v) is 4.21. The van der Waals surface area contributed by atoms with Crippen LogP contribution < -0.4 is 4.74 Å². The molecule has 1 amide bonds. The number of pyridine rings is 1. The number of hydrogen-bond donors (Lipinski definition) is 0. The van der Waals surface area contributed by atoms with Crippen molar-refractivity contribution in [2.75, 3.05) is 26.3 Å². The van der Waals surface area contributed by atoms with Crippen LogP contribution in [-0.2, 0) is 4.74 Å². The predicted octanol–water partition coefficient (Wildman–Crippen LogP) is 2.86. The van der Waals surface area contributed by atoms with Crippen LogP contribution in [0.2, 0.25) is 0 Å². The molecule has 4 heterocycles. The summed E-state index contributed by atoms with van der Waals surface area (Å²) in [4.78, 5) is 18.5. The molecule has 0 aromatic carbocycles. The van der Waals surface area contributed by atoms with Crippen LogP contribution in [-0.4, -0.2) is 52.9 Å². The second-order valence-corrected chi connectivity index (χ2v) is 7.35. The number of ether oxygens (including phenoxy) is 2. The van der Waals surface area contributed by atoms with E-state index in [1.165, 1.54) is 0 Å². The highest BCUT2D eigenvalue weighted by Gasteiger charge is 2.46. The molecule has 2 fully saturated rings. The summed E-state index contributed by atoms with van der Waals surface area (Å²) >= 11 is 0. The Balaban J connectivity index is 1.31. The zero-order chi connectivity index (χ0) is 18.7. The van der Waals surface area contributed by atoms with Crippen molar-refractivity contribution < 1.29 is 18.8 Å². The zero-order valence-corrected chi connectivity index (χ0v) is 15.6. The number of aryl methyl sites for hydroxylation is 1. The van der Waals surface area contributed by atoms with E-state index in [9.17, 15) is 4.79 Å². The normalized spacial score (nSPS) is 21.5. The van der Waals surface area contributed by atoms with Crippen LogP contribution in [0.25, 0.3) is 0 Å². The second kappa shape index (κ2) is 7.68. The third-order valence-corrected chi connectivity index (χ3v) is 5.71. The Hall–Kier alpha value is -2.41. The lowest BCUT2D eigenvalue weighted by Crippen LogP contribution is -2.49. The van der Waals surface area contributed by atoms with Crippen molar-refractivity contribution in [1.82, 2.24) is 15.0 Å². The van der Waals surface area contributed by atoms with Crippen molar-refractivity contribution >= 4 is 5.91 Å². The van der Waals surface area contributed by atoms with E-state index in [4.69, 9.17) is 14.0 Å². The second-order valence-electron chi connectivity index (χ2n) is 7.35. The van der Waals surface area contributed by atoms with Gasteiger partial charge in [0.1, 0.15) is 5.75 Å². The Labute approximate surface area is 158 Å². The van der Waals surface area contributed by atoms with E-state index in [2.05, 4.69) is 10.1 Å². The molecule has 27 heavy (non-hydrogen) atoms. The van der Waals surface area contributed by atoms with Gasteiger partial charge in [-0.3, -0.25) is 9.78 Å². The lowest BCUT2D eigenvalue weighted by atomic mass is 9.78. The highest BCUT2D eigenvalue weighted by atomic mass is 16.5. The first-order valence-corrected chi connectivity index (χ1v) is 9.56. The first kappa shape index (κ1) is 18.0. The number of amides is 1. The van der Waals surface area contributed by atoms with E-state index < -0.39 is 0 Å². The number of hydrogen-bond acceptors (Lipinski definition) is 6. The summed E-state index contributed by atoms with van der Waals surface area (Å²) in [6.45, 7) is 4.61. The summed E-state index contributed by atoms with van der Waals surface area (Å²) in [5.41, 5.74) is 0.589. The predicted molar refractivity (Wildman–Crippen MR) is 97.5 cm³/mol. The smallest absolute Gasteiger partial charge is 0.292 e. The van der Waals surface area contributed by atoms with Gasteiger partial charge in [0.2, 0.25) is 5.76 Å². The summed E-state index contributed by atoms with van der Waals surface area (Å²) in [5, 5.41) is 3.81. The van der Waals surface area contributed by atoms with Crippen molar-refractivity contribution in [3.05, 3.63) is 42.0 Å². The molecule has 7 heteroatoms. The van der Waals surface area contributed by atoms with Gasteiger partial charge in [0.25, 0.3) is 5.91 Å². The van der Waals surface area contributed by atoms with Gasteiger partial charge in [-0.15, -0.1) is 0 Å². The third-order valence-electron chi connectivity index (χ3n) is 5.71. The summed E-state index contributed by atoms with van der Waals surface area (Å²) in [6, 6.07) is 5.48. The van der Waals surface area contributed by atoms with Gasteiger partial charge in [-0.2, -0.15) is 0 Å². The number of carbonyl (C=O) groups excluding carboxylic acids is 1. The van der Waals surface area contributed by atoms with Crippen LogP contribution in [0.4, 0.5) is 0 Å². The Kier molecular flexibility index (Phi) is 5.11. The molecule has 0 saturated carbocycles. The zero-order valence-electron chi connectivity index (χ0n) is 15.6. The van der Waals surface area contributed by atoms with Crippen LogP contribution in [0.5, 0.6) is 5.75 Å². The molecule has 1 unspecified atom stereocenters. The van der Waals surface area contributed by atoms with Gasteiger partial charge >= 0.3 is 0 Å². The van der Waals surface area contributed by atoms with E-state index in [1.54, 1.807) is 18.5 Å². The highest BCUT2D eigenvalue weighted by Crippen LogP contribution is 2.42. The molecule has 0 radical (unpaired) electrons. The van der Waals surface area contributed by atoms with Crippen LogP contribution in [0.15, 0.2) is 35.1 Å². The van der Waals surface area contributed by atoms with Crippen LogP contribution in [0.1, 0.15) is 41.9 Å². The molecule has 0 aliphatic carbocycles. The van der Waals surface area contributed by atoms with Crippen molar-refractivity contribution in [3.8, 4) is 5.75 Å². The average molecular weight is 371 g/mol. The van der Waals surface area contributed by atoms with Crippen molar-refractivity contribution in [2.24, 2.45) is 5.92 Å². The van der Waals surface area contributed by atoms with E-state index in [0.717, 1.165) is 43.7 Å². The maximum atomic E-state index is 12.6. The van der Waals surface area contributed by atoms with Gasteiger partial charge in [0, 0.05) is 32.0 Å². The van der Waals surface area contributed by atoms with E-state index in [0.29, 0.717) is 31.4 Å². The van der Waals surface area contributed by atoms with Crippen LogP contribution in [0.3, 0.4) is 0 Å². The Morgan fingerprint density at radius 3 is 2.96 bits per heavy atom. The van der Waals surface area contributed by atoms with Crippen molar-refractivity contribution in [1.29, 1.82) is 0 Å². The van der Waals surface area contributed by atoms with Crippen LogP contribution in [0, 0.1) is 12.8 Å². The lowest BCUT2D eigenvalue weighted by molar-refractivity contribution is -0.0652. The molecule has 0 N–H and O–H groups in total. The molecule has 2 aromatic heterocycles. The SMILES string of the molecule is Cc1cc(C(=O)N2CCC3(CC2)OCCC3CCOc2cccnc2)on1. The molecule has 2 aliphatic heterocycles. The van der Waals surface area contributed by atoms with Gasteiger partial charge in [0.05, 0.1) is 24.1 Å². The number of piperidine rings is 1. The van der Waals surface area contributed by atoms with Gasteiger partial charge in [-0.1, -0.05) is 5.16 Å². The number of likely N-dealkylation sites (tertiary alicyclic amines) is 1. The molecule has 144 valence electrons. The van der Waals surface area contributed by atoms with E-state index >= 15 is 0 Å². The Morgan fingerprint density at radius 1 is 1.41 bits per heavy atom. The molecule has 4 rings (SSSR count). The highest BCUT2D eigenvalue weighted by molar-refractivity contribution is 5.91. The number of nitrogens with zero attached hydrogens (tertiary/aromatic N) is 3. The summed E-state index contributed by atoms with van der Waals surface area (Å²) < 4.78 is 17.1. The minimum Gasteiger partial charge on any atom is -0.492 e. The van der Waals surface area contributed by atoms with Crippen molar-refractivity contribution in [2.45, 2.75) is 38.2 Å². The Bertz CT molecular complexity index is 769. The molecule has 2 aromatic rings. The monoisotopic (exact) mass is 371 g/mol. The molecule has 1 atom stereocenters. The quantitative estimate of drug-likeness (QED) is 0.804. The van der Waals surface area contributed by atoms with E-state index in [-0.39, 0.29) is 11.5 Å². The molecular weight excluding hydrogens is 346 g/mol. The minimum atomic E-state index is -0.133. The summed E-state index contributed by atoms with van der Waals surface area (Å²) in [6.07, 6.45) is 7.17. The number of aromatic nitrogens is 2.